The lowest BCUT2D eigenvalue weighted by Crippen LogP contribution is -2.76. The number of hydrogen-bond donors (Lipinski definition) is 2. The molecule has 1 saturated carbocycles. The summed E-state index contributed by atoms with van der Waals surface area (Å²) in [7, 11) is -3.70. The standard InChI is InChI=1S/C13H26N4O4S.ClH/c1-4-21-10-9-13(14,12(10,2)3)11(18)16-5-7-17(8-6-16)22(15,19)20;/h10H,4-9,14H2,1-3H3,(H2,15,19,20);1H. The molecule has 2 aliphatic rings. The molecule has 8 nitrogen and oxygen atoms in total. The topological polar surface area (TPSA) is 119 Å². The molecule has 0 bridgehead atoms. The molecule has 10 heteroatoms. The van der Waals surface area contributed by atoms with Crippen LogP contribution >= 0.6 is 12.4 Å². The Kier molecular flexibility index (Phi) is 6.10. The summed E-state index contributed by atoms with van der Waals surface area (Å²) >= 11 is 0. The first kappa shape index (κ1) is 20.6. The van der Waals surface area contributed by atoms with Gasteiger partial charge in [0.05, 0.1) is 6.10 Å². The SMILES string of the molecule is CCOC1CC(N)(C(=O)N2CCN(S(N)(=O)=O)CC2)C1(C)C.Cl. The van der Waals surface area contributed by atoms with E-state index in [1.807, 2.05) is 20.8 Å². The highest BCUT2D eigenvalue weighted by Gasteiger charge is 2.63. The number of carbonyl (C=O) groups is 1. The van der Waals surface area contributed by atoms with Crippen LogP contribution < -0.4 is 10.9 Å². The molecular formula is C13H27ClN4O4S. The van der Waals surface area contributed by atoms with E-state index in [2.05, 4.69) is 0 Å². The van der Waals surface area contributed by atoms with E-state index in [1.54, 1.807) is 4.90 Å². The Morgan fingerprint density at radius 3 is 2.17 bits per heavy atom. The van der Waals surface area contributed by atoms with Crippen molar-refractivity contribution in [3.8, 4) is 0 Å². The second kappa shape index (κ2) is 6.81. The summed E-state index contributed by atoms with van der Waals surface area (Å²) in [4.78, 5) is 14.4. The van der Waals surface area contributed by atoms with Gasteiger partial charge in [0.25, 0.3) is 10.2 Å². The molecule has 1 saturated heterocycles. The Hall–Kier alpha value is -0.450. The first-order chi connectivity index (χ1) is 10.0. The molecule has 2 atom stereocenters. The summed E-state index contributed by atoms with van der Waals surface area (Å²) in [5.41, 5.74) is 4.96. The summed E-state index contributed by atoms with van der Waals surface area (Å²) in [5.74, 6) is -0.137. The molecule has 4 N–H and O–H groups in total. The number of ether oxygens (including phenoxy) is 1. The predicted molar refractivity (Wildman–Crippen MR) is 89.2 cm³/mol. The molecular weight excluding hydrogens is 344 g/mol. The van der Waals surface area contributed by atoms with Crippen molar-refractivity contribution in [3.63, 3.8) is 0 Å². The normalized spacial score (nSPS) is 31.2. The van der Waals surface area contributed by atoms with Crippen molar-refractivity contribution < 1.29 is 17.9 Å². The number of amides is 1. The molecule has 1 aliphatic carbocycles. The van der Waals surface area contributed by atoms with Crippen LogP contribution in [0.5, 0.6) is 0 Å². The van der Waals surface area contributed by atoms with Crippen molar-refractivity contribution >= 4 is 28.5 Å². The Morgan fingerprint density at radius 2 is 1.78 bits per heavy atom. The maximum atomic E-state index is 12.8. The minimum Gasteiger partial charge on any atom is -0.378 e. The van der Waals surface area contributed by atoms with Gasteiger partial charge in [-0.15, -0.1) is 12.4 Å². The van der Waals surface area contributed by atoms with Gasteiger partial charge >= 0.3 is 0 Å². The minimum atomic E-state index is -3.70. The Bertz CT molecular complexity index is 548. The van der Waals surface area contributed by atoms with Gasteiger partial charge in [0, 0.05) is 44.6 Å². The van der Waals surface area contributed by atoms with E-state index in [9.17, 15) is 13.2 Å². The molecule has 0 aromatic carbocycles. The molecule has 1 heterocycles. The lowest BCUT2D eigenvalue weighted by atomic mass is 9.54. The summed E-state index contributed by atoms with van der Waals surface area (Å²) in [6, 6.07) is 0. The van der Waals surface area contributed by atoms with E-state index in [0.717, 1.165) is 0 Å². The Labute approximate surface area is 144 Å². The van der Waals surface area contributed by atoms with Crippen molar-refractivity contribution in [2.75, 3.05) is 32.8 Å². The van der Waals surface area contributed by atoms with Crippen LogP contribution in [0, 0.1) is 5.41 Å². The molecule has 136 valence electrons. The van der Waals surface area contributed by atoms with Gasteiger partial charge in [-0.2, -0.15) is 12.7 Å². The van der Waals surface area contributed by atoms with Crippen LogP contribution in [-0.4, -0.2) is 68.0 Å². The fraction of sp³-hybridized carbons (Fsp3) is 0.923. The van der Waals surface area contributed by atoms with E-state index in [-0.39, 0.29) is 37.5 Å². The van der Waals surface area contributed by atoms with Gasteiger partial charge < -0.3 is 15.4 Å². The van der Waals surface area contributed by atoms with Crippen molar-refractivity contribution in [3.05, 3.63) is 0 Å². The average molecular weight is 371 g/mol. The lowest BCUT2D eigenvalue weighted by molar-refractivity contribution is -0.180. The second-order valence-corrected chi connectivity index (χ2v) is 8.12. The zero-order valence-electron chi connectivity index (χ0n) is 13.8. The van der Waals surface area contributed by atoms with E-state index >= 15 is 0 Å². The minimum absolute atomic E-state index is 0. The van der Waals surface area contributed by atoms with Crippen LogP contribution in [0.4, 0.5) is 0 Å². The zero-order valence-corrected chi connectivity index (χ0v) is 15.5. The fourth-order valence-corrected chi connectivity index (χ4v) is 3.90. The van der Waals surface area contributed by atoms with Crippen molar-refractivity contribution in [2.45, 2.75) is 38.8 Å². The Morgan fingerprint density at radius 1 is 1.26 bits per heavy atom. The van der Waals surface area contributed by atoms with Gasteiger partial charge in [0.1, 0.15) is 5.54 Å². The maximum absolute atomic E-state index is 12.8. The summed E-state index contributed by atoms with van der Waals surface area (Å²) < 4.78 is 29.4. The molecule has 0 aromatic rings. The van der Waals surface area contributed by atoms with Crippen LogP contribution in [0.2, 0.25) is 0 Å². The molecule has 0 spiro atoms. The average Bonchev–Trinajstić information content (AvgIpc) is 2.45. The quantitative estimate of drug-likeness (QED) is 0.677. The molecule has 0 radical (unpaired) electrons. The van der Waals surface area contributed by atoms with Crippen molar-refractivity contribution in [1.82, 2.24) is 9.21 Å². The monoisotopic (exact) mass is 370 g/mol. The third-order valence-electron chi connectivity index (χ3n) is 5.10. The number of nitrogens with zero attached hydrogens (tertiary/aromatic N) is 2. The van der Waals surface area contributed by atoms with Crippen LogP contribution in [0.3, 0.4) is 0 Å². The first-order valence-electron chi connectivity index (χ1n) is 7.51. The molecule has 23 heavy (non-hydrogen) atoms. The van der Waals surface area contributed by atoms with Crippen molar-refractivity contribution in [1.29, 1.82) is 0 Å². The number of halogens is 1. The molecule has 1 amide bonds. The van der Waals surface area contributed by atoms with Crippen LogP contribution in [0.1, 0.15) is 27.2 Å². The maximum Gasteiger partial charge on any atom is 0.277 e. The second-order valence-electron chi connectivity index (χ2n) is 6.58. The van der Waals surface area contributed by atoms with E-state index in [1.165, 1.54) is 4.31 Å². The third-order valence-corrected chi connectivity index (χ3v) is 6.18. The molecule has 2 rings (SSSR count). The smallest absolute Gasteiger partial charge is 0.277 e. The highest BCUT2D eigenvalue weighted by atomic mass is 35.5. The zero-order chi connectivity index (χ0) is 16.8. The fourth-order valence-electron chi connectivity index (χ4n) is 3.23. The highest BCUT2D eigenvalue weighted by Crippen LogP contribution is 2.50. The van der Waals surface area contributed by atoms with Crippen LogP contribution in [0.15, 0.2) is 0 Å². The van der Waals surface area contributed by atoms with Crippen LogP contribution in [0.25, 0.3) is 0 Å². The highest BCUT2D eigenvalue weighted by molar-refractivity contribution is 7.86. The summed E-state index contributed by atoms with van der Waals surface area (Å²) in [6.45, 7) is 7.41. The summed E-state index contributed by atoms with van der Waals surface area (Å²) in [5, 5.41) is 5.10. The predicted octanol–water partition coefficient (Wildman–Crippen LogP) is -0.712. The number of piperazine rings is 1. The van der Waals surface area contributed by atoms with Gasteiger partial charge in [-0.1, -0.05) is 13.8 Å². The van der Waals surface area contributed by atoms with Gasteiger partial charge in [-0.05, 0) is 6.92 Å². The van der Waals surface area contributed by atoms with E-state index in [0.29, 0.717) is 26.1 Å². The van der Waals surface area contributed by atoms with Crippen LogP contribution in [-0.2, 0) is 19.7 Å². The van der Waals surface area contributed by atoms with Gasteiger partial charge in [0.15, 0.2) is 0 Å². The van der Waals surface area contributed by atoms with Gasteiger partial charge in [-0.3, -0.25) is 4.79 Å². The number of hydrogen-bond acceptors (Lipinski definition) is 5. The number of carbonyl (C=O) groups excluding carboxylic acids is 1. The van der Waals surface area contributed by atoms with Gasteiger partial charge in [-0.25, -0.2) is 5.14 Å². The van der Waals surface area contributed by atoms with E-state index < -0.39 is 21.2 Å². The third kappa shape index (κ3) is 3.49. The number of rotatable bonds is 4. The Balaban J connectivity index is 0.00000264. The van der Waals surface area contributed by atoms with Crippen molar-refractivity contribution in [2.24, 2.45) is 16.3 Å². The molecule has 2 fully saturated rings. The number of nitrogens with two attached hydrogens (primary N) is 2. The summed E-state index contributed by atoms with van der Waals surface area (Å²) in [6.07, 6.45) is 0.458. The molecule has 1 aliphatic heterocycles. The van der Waals surface area contributed by atoms with Gasteiger partial charge in [0.2, 0.25) is 5.91 Å². The molecule has 2 unspecified atom stereocenters. The molecule has 0 aromatic heterocycles. The lowest BCUT2D eigenvalue weighted by Gasteiger charge is -2.59. The largest absolute Gasteiger partial charge is 0.378 e. The first-order valence-corrected chi connectivity index (χ1v) is 9.02. The van der Waals surface area contributed by atoms with E-state index in [4.69, 9.17) is 15.6 Å².